The molecule has 0 spiro atoms. The molecule has 0 radical (unpaired) electrons. The van der Waals surface area contributed by atoms with Crippen molar-refractivity contribution in [2.45, 2.75) is 19.9 Å². The van der Waals surface area contributed by atoms with Gasteiger partial charge in [0.2, 0.25) is 0 Å². The maximum atomic E-state index is 13.4. The van der Waals surface area contributed by atoms with Gasteiger partial charge < -0.3 is 19.2 Å². The van der Waals surface area contributed by atoms with Gasteiger partial charge in [0.25, 0.3) is 5.91 Å². The molecule has 2 heterocycles. The fraction of sp³-hybridized carbons (Fsp3) is 0.200. The fourth-order valence-corrected chi connectivity index (χ4v) is 3.92. The maximum Gasteiger partial charge on any atom is 0.253 e. The van der Waals surface area contributed by atoms with E-state index in [0.717, 1.165) is 34.2 Å². The van der Waals surface area contributed by atoms with Gasteiger partial charge in [-0.2, -0.15) is 0 Å². The summed E-state index contributed by atoms with van der Waals surface area (Å²) in [6, 6.07) is 19.3. The summed E-state index contributed by atoms with van der Waals surface area (Å²) >= 11 is 0. The second-order valence-electron chi connectivity index (χ2n) is 7.53. The van der Waals surface area contributed by atoms with Gasteiger partial charge in [0.05, 0.1) is 12.7 Å². The number of rotatable bonds is 6. The first-order chi connectivity index (χ1) is 15.0. The second-order valence-corrected chi connectivity index (χ2v) is 7.53. The predicted molar refractivity (Wildman–Crippen MR) is 121 cm³/mol. The molecule has 0 aliphatic heterocycles. The van der Waals surface area contributed by atoms with Crippen LogP contribution in [0, 0.1) is 13.8 Å². The van der Waals surface area contributed by atoms with Gasteiger partial charge in [-0.05, 0) is 49.7 Å². The van der Waals surface area contributed by atoms with Gasteiger partial charge in [0.15, 0.2) is 0 Å². The zero-order valence-electron chi connectivity index (χ0n) is 18.2. The molecular weight excluding hydrogens is 388 g/mol. The first-order valence-electron chi connectivity index (χ1n) is 10.2. The topological polar surface area (TPSA) is 61.1 Å². The van der Waals surface area contributed by atoms with Crippen LogP contribution in [0.1, 0.15) is 39.2 Å². The molecular formula is C25H26N4O2. The van der Waals surface area contributed by atoms with Crippen molar-refractivity contribution in [3.8, 4) is 11.4 Å². The van der Waals surface area contributed by atoms with Gasteiger partial charge in [0, 0.05) is 36.5 Å². The summed E-state index contributed by atoms with van der Waals surface area (Å²) in [6.45, 7) is 3.98. The van der Waals surface area contributed by atoms with E-state index in [1.807, 2.05) is 92.3 Å². The van der Waals surface area contributed by atoms with Gasteiger partial charge in [-0.25, -0.2) is 4.98 Å². The lowest BCUT2D eigenvalue weighted by Crippen LogP contribution is -2.31. The van der Waals surface area contributed by atoms with Crippen molar-refractivity contribution in [3.05, 3.63) is 101 Å². The summed E-state index contributed by atoms with van der Waals surface area (Å²) in [5.74, 6) is 1.38. The largest absolute Gasteiger partial charge is 0.497 e. The Labute approximate surface area is 182 Å². The van der Waals surface area contributed by atoms with Crippen molar-refractivity contribution in [1.29, 1.82) is 0 Å². The predicted octanol–water partition coefficient (Wildman–Crippen LogP) is 4.36. The monoisotopic (exact) mass is 414 g/mol. The van der Waals surface area contributed by atoms with Gasteiger partial charge in [-0.3, -0.25) is 4.79 Å². The summed E-state index contributed by atoms with van der Waals surface area (Å²) in [6.07, 6.45) is 3.61. The third-order valence-electron chi connectivity index (χ3n) is 5.53. The Kier molecular flexibility index (Phi) is 5.62. The summed E-state index contributed by atoms with van der Waals surface area (Å²) in [4.78, 5) is 17.9. The highest BCUT2D eigenvalue weighted by Gasteiger charge is 2.24. The van der Waals surface area contributed by atoms with Crippen LogP contribution in [-0.4, -0.2) is 27.1 Å². The number of hydrogen-bond acceptors (Lipinski definition) is 3. The van der Waals surface area contributed by atoms with Gasteiger partial charge >= 0.3 is 0 Å². The first kappa shape index (κ1) is 20.5. The molecule has 158 valence electrons. The number of aromatic nitrogens is 3. The minimum absolute atomic E-state index is 0.140. The number of hydrogen-bond donors (Lipinski definition) is 1. The summed E-state index contributed by atoms with van der Waals surface area (Å²) < 4.78 is 9.29. The summed E-state index contributed by atoms with van der Waals surface area (Å²) in [5.41, 5.74) is 4.52. The molecule has 1 atom stereocenters. The fourth-order valence-electron chi connectivity index (χ4n) is 3.92. The van der Waals surface area contributed by atoms with Crippen LogP contribution in [0.2, 0.25) is 0 Å². The van der Waals surface area contributed by atoms with Gasteiger partial charge in [-0.15, -0.1) is 0 Å². The molecule has 4 aromatic rings. The molecule has 6 nitrogen and oxygen atoms in total. The van der Waals surface area contributed by atoms with Crippen LogP contribution in [-0.2, 0) is 7.05 Å². The van der Waals surface area contributed by atoms with Crippen LogP contribution in [0.25, 0.3) is 5.69 Å². The van der Waals surface area contributed by atoms with Gasteiger partial charge in [0.1, 0.15) is 17.6 Å². The number of ether oxygens (including phenoxy) is 1. The standard InChI is InChI=1S/C25H26N4O2/c1-17-16-22(18(2)29(17)20-8-6-5-7-9-20)25(30)27-23(24-26-14-15-28(24)3)19-10-12-21(31-4)13-11-19/h5-16,23H,1-4H3,(H,27,30). The minimum Gasteiger partial charge on any atom is -0.497 e. The quantitative estimate of drug-likeness (QED) is 0.510. The third kappa shape index (κ3) is 3.97. The smallest absolute Gasteiger partial charge is 0.253 e. The van der Waals surface area contributed by atoms with Crippen molar-refractivity contribution in [3.63, 3.8) is 0 Å². The van der Waals surface area contributed by atoms with E-state index in [1.54, 1.807) is 13.3 Å². The molecule has 2 aromatic heterocycles. The van der Waals surface area contributed by atoms with Crippen molar-refractivity contribution < 1.29 is 9.53 Å². The molecule has 1 amide bonds. The molecule has 0 saturated carbocycles. The Bertz CT molecular complexity index is 1190. The molecule has 0 aliphatic carbocycles. The molecule has 0 bridgehead atoms. The number of para-hydroxylation sites is 1. The Morgan fingerprint density at radius 3 is 2.39 bits per heavy atom. The van der Waals surface area contributed by atoms with E-state index in [2.05, 4.69) is 14.9 Å². The number of nitrogens with zero attached hydrogens (tertiary/aromatic N) is 3. The number of nitrogens with one attached hydrogen (secondary N) is 1. The normalized spacial score (nSPS) is 11.9. The van der Waals surface area contributed by atoms with Crippen LogP contribution in [0.5, 0.6) is 5.75 Å². The van der Waals surface area contributed by atoms with E-state index in [0.29, 0.717) is 5.56 Å². The highest BCUT2D eigenvalue weighted by molar-refractivity contribution is 5.96. The zero-order chi connectivity index (χ0) is 22.0. The van der Waals surface area contributed by atoms with Gasteiger partial charge in [-0.1, -0.05) is 30.3 Å². The number of carbonyl (C=O) groups excluding carboxylic acids is 1. The molecule has 0 fully saturated rings. The van der Waals surface area contributed by atoms with Crippen molar-refractivity contribution in [1.82, 2.24) is 19.4 Å². The van der Waals surface area contributed by atoms with E-state index in [9.17, 15) is 4.79 Å². The zero-order valence-corrected chi connectivity index (χ0v) is 18.2. The number of aryl methyl sites for hydroxylation is 2. The SMILES string of the molecule is COc1ccc(C(NC(=O)c2cc(C)n(-c3ccccc3)c2C)c2nccn2C)cc1. The van der Waals surface area contributed by atoms with Crippen molar-refractivity contribution >= 4 is 5.91 Å². The van der Waals surface area contributed by atoms with Crippen LogP contribution in [0.4, 0.5) is 0 Å². The van der Waals surface area contributed by atoms with Crippen LogP contribution < -0.4 is 10.1 Å². The number of carbonyl (C=O) groups is 1. The van der Waals surface area contributed by atoms with Crippen LogP contribution in [0.3, 0.4) is 0 Å². The lowest BCUT2D eigenvalue weighted by molar-refractivity contribution is 0.0940. The van der Waals surface area contributed by atoms with Crippen molar-refractivity contribution in [2.75, 3.05) is 7.11 Å². The number of imidazole rings is 1. The van der Waals surface area contributed by atoms with Crippen LogP contribution >= 0.6 is 0 Å². The second kappa shape index (κ2) is 8.52. The van der Waals surface area contributed by atoms with E-state index >= 15 is 0 Å². The first-order valence-corrected chi connectivity index (χ1v) is 10.2. The Morgan fingerprint density at radius 1 is 1.06 bits per heavy atom. The maximum absolute atomic E-state index is 13.4. The van der Waals surface area contributed by atoms with E-state index in [-0.39, 0.29) is 5.91 Å². The van der Waals surface area contributed by atoms with E-state index in [4.69, 9.17) is 4.74 Å². The number of benzene rings is 2. The lowest BCUT2D eigenvalue weighted by atomic mass is 10.0. The lowest BCUT2D eigenvalue weighted by Gasteiger charge is -2.19. The highest BCUT2D eigenvalue weighted by Crippen LogP contribution is 2.25. The Hall–Kier alpha value is -3.80. The van der Waals surface area contributed by atoms with E-state index < -0.39 is 6.04 Å². The molecule has 4 rings (SSSR count). The minimum atomic E-state index is -0.391. The number of methoxy groups -OCH3 is 1. The van der Waals surface area contributed by atoms with Crippen molar-refractivity contribution in [2.24, 2.45) is 7.05 Å². The van der Waals surface area contributed by atoms with Crippen LogP contribution in [0.15, 0.2) is 73.1 Å². The Morgan fingerprint density at radius 2 is 1.77 bits per heavy atom. The molecule has 6 heteroatoms. The molecule has 31 heavy (non-hydrogen) atoms. The molecule has 1 N–H and O–H groups in total. The highest BCUT2D eigenvalue weighted by atomic mass is 16.5. The average Bonchev–Trinajstić information content (AvgIpc) is 3.34. The number of amides is 1. The molecule has 2 aromatic carbocycles. The molecule has 0 saturated heterocycles. The summed E-state index contributed by atoms with van der Waals surface area (Å²) in [7, 11) is 3.56. The Balaban J connectivity index is 1.69. The summed E-state index contributed by atoms with van der Waals surface area (Å²) in [5, 5.41) is 3.19. The van der Waals surface area contributed by atoms with E-state index in [1.165, 1.54) is 0 Å². The average molecular weight is 415 g/mol. The third-order valence-corrected chi connectivity index (χ3v) is 5.53. The molecule has 1 unspecified atom stereocenters. The molecule has 0 aliphatic rings.